The molecular formula is C14H17N3. The van der Waals surface area contributed by atoms with E-state index >= 15 is 0 Å². The summed E-state index contributed by atoms with van der Waals surface area (Å²) < 4.78 is 0. The first kappa shape index (κ1) is 11.7. The van der Waals surface area contributed by atoms with Gasteiger partial charge in [-0.15, -0.1) is 0 Å². The highest BCUT2D eigenvalue weighted by Gasteiger charge is 2.44. The molecule has 3 heteroatoms. The lowest BCUT2D eigenvalue weighted by Gasteiger charge is -2.41. The molecule has 0 aromatic rings. The SMILES string of the molecule is CC1=C(C#N)C2(CCCCC2)C(C#N)=C(C)N1. The Morgan fingerprint density at radius 2 is 1.41 bits per heavy atom. The maximum absolute atomic E-state index is 9.40. The average Bonchev–Trinajstić information content (AvgIpc) is 2.30. The summed E-state index contributed by atoms with van der Waals surface area (Å²) in [6, 6.07) is 4.66. The summed E-state index contributed by atoms with van der Waals surface area (Å²) in [5, 5.41) is 22.0. The maximum atomic E-state index is 9.40. The van der Waals surface area contributed by atoms with Crippen LogP contribution < -0.4 is 5.32 Å². The second kappa shape index (κ2) is 4.26. The molecule has 0 radical (unpaired) electrons. The smallest absolute Gasteiger partial charge is 0.0975 e. The van der Waals surface area contributed by atoms with E-state index in [0.29, 0.717) is 0 Å². The van der Waals surface area contributed by atoms with Gasteiger partial charge in [-0.05, 0) is 26.7 Å². The molecule has 1 aliphatic heterocycles. The van der Waals surface area contributed by atoms with Gasteiger partial charge in [0, 0.05) is 16.8 Å². The Bertz CT molecular complexity index is 439. The summed E-state index contributed by atoms with van der Waals surface area (Å²) >= 11 is 0. The van der Waals surface area contributed by atoms with E-state index in [-0.39, 0.29) is 5.41 Å². The fraction of sp³-hybridized carbons (Fsp3) is 0.571. The highest BCUT2D eigenvalue weighted by Crippen LogP contribution is 2.50. The molecule has 1 saturated carbocycles. The van der Waals surface area contributed by atoms with E-state index in [1.165, 1.54) is 6.42 Å². The average molecular weight is 227 g/mol. The van der Waals surface area contributed by atoms with Gasteiger partial charge in [0.1, 0.15) is 0 Å². The minimum Gasteiger partial charge on any atom is -0.361 e. The van der Waals surface area contributed by atoms with Crippen LogP contribution in [0, 0.1) is 28.1 Å². The van der Waals surface area contributed by atoms with Crippen LogP contribution in [0.5, 0.6) is 0 Å². The lowest BCUT2D eigenvalue weighted by atomic mass is 9.63. The molecule has 3 nitrogen and oxygen atoms in total. The van der Waals surface area contributed by atoms with Gasteiger partial charge < -0.3 is 5.32 Å². The number of allylic oxidation sites excluding steroid dienone is 4. The zero-order valence-electron chi connectivity index (χ0n) is 10.4. The van der Waals surface area contributed by atoms with Gasteiger partial charge in [0.15, 0.2) is 0 Å². The van der Waals surface area contributed by atoms with Crippen LogP contribution in [-0.2, 0) is 0 Å². The Morgan fingerprint density at radius 1 is 0.941 bits per heavy atom. The normalized spacial score (nSPS) is 23.1. The van der Waals surface area contributed by atoms with Gasteiger partial charge in [-0.2, -0.15) is 10.5 Å². The second-order valence-electron chi connectivity index (χ2n) is 4.99. The molecule has 0 atom stereocenters. The third-order valence-corrected chi connectivity index (χ3v) is 4.01. The topological polar surface area (TPSA) is 59.6 Å². The summed E-state index contributed by atoms with van der Waals surface area (Å²) in [6.45, 7) is 3.87. The highest BCUT2D eigenvalue weighted by molar-refractivity contribution is 5.52. The quantitative estimate of drug-likeness (QED) is 0.691. The monoisotopic (exact) mass is 227 g/mol. The van der Waals surface area contributed by atoms with Crippen LogP contribution in [0.2, 0.25) is 0 Å². The second-order valence-corrected chi connectivity index (χ2v) is 4.99. The van der Waals surface area contributed by atoms with E-state index in [1.54, 1.807) is 0 Å². The first-order valence-corrected chi connectivity index (χ1v) is 6.15. The number of nitrogens with zero attached hydrogens (tertiary/aromatic N) is 2. The van der Waals surface area contributed by atoms with Gasteiger partial charge in [-0.3, -0.25) is 0 Å². The van der Waals surface area contributed by atoms with Gasteiger partial charge in [0.2, 0.25) is 0 Å². The summed E-state index contributed by atoms with van der Waals surface area (Å²) in [5.41, 5.74) is 3.11. The minimum atomic E-state index is -0.291. The number of nitrogens with one attached hydrogen (secondary N) is 1. The maximum Gasteiger partial charge on any atom is 0.0975 e. The van der Waals surface area contributed by atoms with Crippen LogP contribution in [0.15, 0.2) is 22.5 Å². The molecule has 1 heterocycles. The Balaban J connectivity index is 2.59. The van der Waals surface area contributed by atoms with Crippen molar-refractivity contribution in [3.8, 4) is 12.1 Å². The fourth-order valence-corrected chi connectivity index (χ4v) is 3.29. The predicted octanol–water partition coefficient (Wildman–Crippen LogP) is 3.14. The molecule has 1 aliphatic carbocycles. The molecule has 0 amide bonds. The molecule has 0 aromatic carbocycles. The van der Waals surface area contributed by atoms with Crippen molar-refractivity contribution in [1.82, 2.24) is 5.32 Å². The minimum absolute atomic E-state index is 0.291. The Labute approximate surface area is 102 Å². The van der Waals surface area contributed by atoms with Gasteiger partial charge >= 0.3 is 0 Å². The van der Waals surface area contributed by atoms with Crippen molar-refractivity contribution in [3.63, 3.8) is 0 Å². The van der Waals surface area contributed by atoms with Crippen LogP contribution >= 0.6 is 0 Å². The highest BCUT2D eigenvalue weighted by atomic mass is 14.9. The van der Waals surface area contributed by atoms with E-state index in [9.17, 15) is 10.5 Å². The fourth-order valence-electron chi connectivity index (χ4n) is 3.29. The first-order valence-electron chi connectivity index (χ1n) is 6.15. The van der Waals surface area contributed by atoms with E-state index < -0.39 is 0 Å². The summed E-state index contributed by atoms with van der Waals surface area (Å²) in [6.07, 6.45) is 5.31. The molecule has 1 N–H and O–H groups in total. The van der Waals surface area contributed by atoms with E-state index in [1.807, 2.05) is 13.8 Å². The lowest BCUT2D eigenvalue weighted by molar-refractivity contribution is 0.292. The molecule has 0 bridgehead atoms. The van der Waals surface area contributed by atoms with Crippen molar-refractivity contribution in [1.29, 1.82) is 10.5 Å². The van der Waals surface area contributed by atoms with Crippen LogP contribution in [0.25, 0.3) is 0 Å². The zero-order valence-corrected chi connectivity index (χ0v) is 10.4. The third-order valence-electron chi connectivity index (χ3n) is 4.01. The Kier molecular flexibility index (Phi) is 2.94. The number of hydrogen-bond donors (Lipinski definition) is 1. The van der Waals surface area contributed by atoms with Crippen LogP contribution in [0.4, 0.5) is 0 Å². The van der Waals surface area contributed by atoms with Gasteiger partial charge in [0.05, 0.1) is 23.3 Å². The molecule has 88 valence electrons. The number of dihydropyridines is 1. The molecule has 17 heavy (non-hydrogen) atoms. The number of rotatable bonds is 0. The molecule has 2 aliphatic rings. The third kappa shape index (κ3) is 1.63. The van der Waals surface area contributed by atoms with Crippen molar-refractivity contribution in [2.75, 3.05) is 0 Å². The molecule has 1 spiro atoms. The van der Waals surface area contributed by atoms with Crippen LogP contribution in [0.1, 0.15) is 46.0 Å². The zero-order chi connectivity index (χ0) is 12.5. The van der Waals surface area contributed by atoms with Crippen LogP contribution in [0.3, 0.4) is 0 Å². The summed E-state index contributed by atoms with van der Waals surface area (Å²) in [7, 11) is 0. The van der Waals surface area contributed by atoms with Gasteiger partial charge in [-0.1, -0.05) is 19.3 Å². The van der Waals surface area contributed by atoms with E-state index in [2.05, 4.69) is 17.5 Å². The standard InChI is InChI=1S/C14H17N3/c1-10-12(8-15)14(6-4-3-5-7-14)13(9-16)11(2)17-10/h17H,3-7H2,1-2H3. The van der Waals surface area contributed by atoms with Crippen molar-refractivity contribution < 1.29 is 0 Å². The molecule has 0 saturated heterocycles. The predicted molar refractivity (Wildman–Crippen MR) is 65.3 cm³/mol. The molecule has 0 unspecified atom stereocenters. The van der Waals surface area contributed by atoms with Crippen molar-refractivity contribution in [2.45, 2.75) is 46.0 Å². The Hall–Kier alpha value is -1.74. The van der Waals surface area contributed by atoms with Crippen molar-refractivity contribution in [3.05, 3.63) is 22.5 Å². The van der Waals surface area contributed by atoms with Crippen molar-refractivity contribution in [2.24, 2.45) is 5.41 Å². The van der Waals surface area contributed by atoms with E-state index in [0.717, 1.165) is 48.2 Å². The first-order chi connectivity index (χ1) is 8.15. The summed E-state index contributed by atoms with van der Waals surface area (Å²) in [5.74, 6) is 0. The number of nitriles is 2. The van der Waals surface area contributed by atoms with Gasteiger partial charge in [-0.25, -0.2) is 0 Å². The van der Waals surface area contributed by atoms with E-state index in [4.69, 9.17) is 0 Å². The van der Waals surface area contributed by atoms with Gasteiger partial charge in [0.25, 0.3) is 0 Å². The molecule has 0 aromatic heterocycles. The Morgan fingerprint density at radius 3 is 1.82 bits per heavy atom. The van der Waals surface area contributed by atoms with Crippen molar-refractivity contribution >= 4 is 0 Å². The summed E-state index contributed by atoms with van der Waals surface area (Å²) in [4.78, 5) is 0. The lowest BCUT2D eigenvalue weighted by Crippen LogP contribution is -2.36. The number of hydrogen-bond acceptors (Lipinski definition) is 3. The largest absolute Gasteiger partial charge is 0.361 e. The van der Waals surface area contributed by atoms with Crippen LogP contribution in [-0.4, -0.2) is 0 Å². The molecule has 1 fully saturated rings. The molecule has 2 rings (SSSR count). The molecular weight excluding hydrogens is 210 g/mol.